The number of hydrogen-bond acceptors (Lipinski definition) is 4. The second kappa shape index (κ2) is 9.19. The lowest BCUT2D eigenvalue weighted by Crippen LogP contribution is -2.39. The third-order valence-electron chi connectivity index (χ3n) is 4.06. The van der Waals surface area contributed by atoms with Crippen molar-refractivity contribution in [1.82, 2.24) is 10.2 Å². The van der Waals surface area contributed by atoms with E-state index in [-0.39, 0.29) is 12.5 Å². The number of allylic oxidation sites excluding steroid dienone is 2. The van der Waals surface area contributed by atoms with Crippen LogP contribution in [0.25, 0.3) is 6.08 Å². The maximum atomic E-state index is 12.5. The third kappa shape index (κ3) is 5.20. The van der Waals surface area contributed by atoms with E-state index < -0.39 is 11.1 Å². The van der Waals surface area contributed by atoms with E-state index >= 15 is 0 Å². The molecule has 142 valence electrons. The zero-order valence-corrected chi connectivity index (χ0v) is 16.2. The fourth-order valence-electron chi connectivity index (χ4n) is 2.69. The minimum Gasteiger partial charge on any atom is -0.350 e. The summed E-state index contributed by atoms with van der Waals surface area (Å²) in [5.41, 5.74) is 2.81. The summed E-state index contributed by atoms with van der Waals surface area (Å²) in [4.78, 5) is 38.1. The number of amides is 3. The molecule has 0 saturated carbocycles. The van der Waals surface area contributed by atoms with Gasteiger partial charge in [0.25, 0.3) is 11.1 Å². The smallest absolute Gasteiger partial charge is 0.294 e. The molecule has 0 aliphatic carbocycles. The van der Waals surface area contributed by atoms with Crippen LogP contribution < -0.4 is 5.32 Å². The highest BCUT2D eigenvalue weighted by Gasteiger charge is 2.36. The summed E-state index contributed by atoms with van der Waals surface area (Å²) in [5.74, 6) is -0.811. The Morgan fingerprint density at radius 3 is 2.36 bits per heavy atom. The Morgan fingerprint density at radius 2 is 1.68 bits per heavy atom. The molecular weight excluding hydrogens is 372 g/mol. The molecule has 1 aliphatic heterocycles. The van der Waals surface area contributed by atoms with Crippen molar-refractivity contribution in [3.63, 3.8) is 0 Å². The topological polar surface area (TPSA) is 66.5 Å². The number of imide groups is 1. The first kappa shape index (κ1) is 19.6. The predicted octanol–water partition coefficient (Wildman–Crippen LogP) is 3.99. The first-order valence-electron chi connectivity index (χ1n) is 8.82. The Labute approximate surface area is 168 Å². The van der Waals surface area contributed by atoms with Crippen LogP contribution in [0.3, 0.4) is 0 Å². The van der Waals surface area contributed by atoms with Gasteiger partial charge in [-0.1, -0.05) is 66.7 Å². The maximum Gasteiger partial charge on any atom is 0.294 e. The summed E-state index contributed by atoms with van der Waals surface area (Å²) in [6.45, 7) is 1.94. The molecule has 0 spiro atoms. The van der Waals surface area contributed by atoms with Crippen LogP contribution in [0.1, 0.15) is 18.1 Å². The van der Waals surface area contributed by atoms with Gasteiger partial charge in [0.2, 0.25) is 5.91 Å². The summed E-state index contributed by atoms with van der Waals surface area (Å²) >= 11 is 0.855. The summed E-state index contributed by atoms with van der Waals surface area (Å²) in [6.07, 6.45) is 3.61. The van der Waals surface area contributed by atoms with E-state index in [4.69, 9.17) is 0 Å². The molecule has 0 radical (unpaired) electrons. The quantitative estimate of drug-likeness (QED) is 0.755. The van der Waals surface area contributed by atoms with E-state index in [1.807, 2.05) is 73.7 Å². The fraction of sp³-hybridized carbons (Fsp3) is 0.136. The number of rotatable bonds is 6. The highest BCUT2D eigenvalue weighted by molar-refractivity contribution is 8.18. The average molecular weight is 392 g/mol. The second-order valence-electron chi connectivity index (χ2n) is 6.33. The molecule has 1 saturated heterocycles. The lowest BCUT2D eigenvalue weighted by Gasteiger charge is -2.12. The van der Waals surface area contributed by atoms with Gasteiger partial charge >= 0.3 is 0 Å². The molecule has 2 aromatic rings. The summed E-state index contributed by atoms with van der Waals surface area (Å²) in [6, 6.07) is 19.2. The van der Waals surface area contributed by atoms with Crippen LogP contribution >= 0.6 is 11.8 Å². The minimum atomic E-state index is -0.439. The number of nitrogens with one attached hydrogen (secondary N) is 1. The van der Waals surface area contributed by atoms with Crippen LogP contribution in [0.2, 0.25) is 0 Å². The SMILES string of the molecule is CC(/C=C1\SC(=O)N(CC(=O)NCc2ccccc2)C1=O)=C\c1ccccc1. The number of nitrogens with zero attached hydrogens (tertiary/aromatic N) is 1. The van der Waals surface area contributed by atoms with E-state index in [0.717, 1.165) is 33.4 Å². The van der Waals surface area contributed by atoms with Crippen molar-refractivity contribution in [2.75, 3.05) is 6.54 Å². The Bertz CT molecular complexity index is 937. The van der Waals surface area contributed by atoms with Gasteiger partial charge in [-0.05, 0) is 41.5 Å². The summed E-state index contributed by atoms with van der Waals surface area (Å²) in [5, 5.41) is 2.30. The highest BCUT2D eigenvalue weighted by atomic mass is 32.2. The van der Waals surface area contributed by atoms with Gasteiger partial charge in [0.15, 0.2) is 0 Å². The van der Waals surface area contributed by atoms with Crippen LogP contribution in [0.15, 0.2) is 77.2 Å². The Balaban J connectivity index is 1.61. The molecule has 28 heavy (non-hydrogen) atoms. The Morgan fingerprint density at radius 1 is 1.04 bits per heavy atom. The minimum absolute atomic E-state index is 0.281. The molecule has 0 atom stereocenters. The normalized spacial score (nSPS) is 16.0. The molecule has 1 fully saturated rings. The average Bonchev–Trinajstić information content (AvgIpc) is 2.95. The van der Waals surface area contributed by atoms with E-state index in [2.05, 4.69) is 5.32 Å². The first-order valence-corrected chi connectivity index (χ1v) is 9.64. The van der Waals surface area contributed by atoms with Crippen LogP contribution in [0.4, 0.5) is 4.79 Å². The molecule has 1 aliphatic rings. The van der Waals surface area contributed by atoms with Crippen molar-refractivity contribution in [3.8, 4) is 0 Å². The number of carbonyl (C=O) groups excluding carboxylic acids is 3. The molecule has 2 aromatic carbocycles. The number of thioether (sulfide) groups is 1. The zero-order chi connectivity index (χ0) is 19.9. The van der Waals surface area contributed by atoms with Crippen molar-refractivity contribution in [2.24, 2.45) is 0 Å². The zero-order valence-electron chi connectivity index (χ0n) is 15.4. The number of hydrogen-bond donors (Lipinski definition) is 1. The van der Waals surface area contributed by atoms with E-state index in [0.29, 0.717) is 11.4 Å². The van der Waals surface area contributed by atoms with Gasteiger partial charge < -0.3 is 5.32 Å². The fourth-order valence-corrected chi connectivity index (χ4v) is 3.58. The highest BCUT2D eigenvalue weighted by Crippen LogP contribution is 2.31. The lowest BCUT2D eigenvalue weighted by atomic mass is 10.1. The van der Waals surface area contributed by atoms with Crippen LogP contribution in [0, 0.1) is 0 Å². The van der Waals surface area contributed by atoms with Crippen molar-refractivity contribution >= 4 is 34.9 Å². The van der Waals surface area contributed by atoms with E-state index in [1.54, 1.807) is 6.08 Å². The Kier molecular flexibility index (Phi) is 6.45. The van der Waals surface area contributed by atoms with Gasteiger partial charge in [-0.25, -0.2) is 0 Å². The summed E-state index contributed by atoms with van der Waals surface area (Å²) < 4.78 is 0. The number of benzene rings is 2. The molecule has 0 bridgehead atoms. The predicted molar refractivity (Wildman–Crippen MR) is 111 cm³/mol. The standard InChI is InChI=1S/C22H20N2O3S/c1-16(12-17-8-4-2-5-9-17)13-19-21(26)24(22(27)28-19)15-20(25)23-14-18-10-6-3-7-11-18/h2-13H,14-15H2,1H3,(H,23,25)/b16-12+,19-13-. The van der Waals surface area contributed by atoms with Crippen LogP contribution in [-0.2, 0) is 16.1 Å². The van der Waals surface area contributed by atoms with Gasteiger partial charge in [0, 0.05) is 6.54 Å². The summed E-state index contributed by atoms with van der Waals surface area (Å²) in [7, 11) is 0. The second-order valence-corrected chi connectivity index (χ2v) is 7.32. The van der Waals surface area contributed by atoms with Gasteiger partial charge in [-0.3, -0.25) is 19.3 Å². The molecular formula is C22H20N2O3S. The monoisotopic (exact) mass is 392 g/mol. The maximum absolute atomic E-state index is 12.5. The lowest BCUT2D eigenvalue weighted by molar-refractivity contribution is -0.129. The van der Waals surface area contributed by atoms with Crippen molar-refractivity contribution in [3.05, 3.63) is 88.3 Å². The van der Waals surface area contributed by atoms with Crippen LogP contribution in [0.5, 0.6) is 0 Å². The van der Waals surface area contributed by atoms with Crippen molar-refractivity contribution < 1.29 is 14.4 Å². The molecule has 6 heteroatoms. The number of carbonyl (C=O) groups is 3. The Hall–Kier alpha value is -3.12. The molecule has 1 heterocycles. The van der Waals surface area contributed by atoms with Crippen LogP contribution in [-0.4, -0.2) is 28.5 Å². The van der Waals surface area contributed by atoms with Gasteiger partial charge in [-0.2, -0.15) is 0 Å². The van der Waals surface area contributed by atoms with E-state index in [1.165, 1.54) is 0 Å². The van der Waals surface area contributed by atoms with Gasteiger partial charge in [0.1, 0.15) is 6.54 Å². The molecule has 5 nitrogen and oxygen atoms in total. The third-order valence-corrected chi connectivity index (χ3v) is 4.97. The molecule has 3 rings (SSSR count). The molecule has 3 amide bonds. The van der Waals surface area contributed by atoms with Gasteiger partial charge in [0.05, 0.1) is 4.91 Å². The largest absolute Gasteiger partial charge is 0.350 e. The van der Waals surface area contributed by atoms with E-state index in [9.17, 15) is 14.4 Å². The van der Waals surface area contributed by atoms with Crippen molar-refractivity contribution in [1.29, 1.82) is 0 Å². The van der Waals surface area contributed by atoms with Crippen molar-refractivity contribution in [2.45, 2.75) is 13.5 Å². The molecule has 0 aromatic heterocycles. The first-order chi connectivity index (χ1) is 13.5. The molecule has 1 N–H and O–H groups in total. The molecule has 0 unspecified atom stereocenters. The van der Waals surface area contributed by atoms with Gasteiger partial charge in [-0.15, -0.1) is 0 Å².